The maximum absolute atomic E-state index is 12.2. The van der Waals surface area contributed by atoms with Gasteiger partial charge in [-0.05, 0) is 50.6 Å². The first-order valence-corrected chi connectivity index (χ1v) is 11.6. The molecule has 3 rings (SSSR count). The molecule has 5 nitrogen and oxygen atoms in total. The predicted octanol–water partition coefficient (Wildman–Crippen LogP) is 2.78. The number of carbonyl (C=O) groups excluding carboxylic acids is 1. The maximum Gasteiger partial charge on any atom is 0.238 e. The fourth-order valence-corrected chi connectivity index (χ4v) is 6.55. The van der Waals surface area contributed by atoms with Crippen LogP contribution in [0.1, 0.15) is 32.1 Å². The van der Waals surface area contributed by atoms with Crippen LogP contribution in [0.25, 0.3) is 0 Å². The molecule has 1 saturated heterocycles. The molecule has 1 aromatic rings. The van der Waals surface area contributed by atoms with Crippen molar-refractivity contribution >= 4 is 33.2 Å². The highest BCUT2D eigenvalue weighted by Crippen LogP contribution is 2.34. The van der Waals surface area contributed by atoms with Gasteiger partial charge in [0.2, 0.25) is 5.91 Å². The Hall–Kier alpha value is -1.05. The van der Waals surface area contributed by atoms with Gasteiger partial charge in [-0.1, -0.05) is 12.8 Å². The van der Waals surface area contributed by atoms with E-state index in [0.717, 1.165) is 10.9 Å². The van der Waals surface area contributed by atoms with E-state index in [2.05, 4.69) is 17.4 Å². The van der Waals surface area contributed by atoms with Crippen molar-refractivity contribution in [1.82, 2.24) is 4.90 Å². The summed E-state index contributed by atoms with van der Waals surface area (Å²) in [5.41, 5.74) is 0.785. The predicted molar refractivity (Wildman–Crippen MR) is 103 cm³/mol. The van der Waals surface area contributed by atoms with Gasteiger partial charge in [0.05, 0.1) is 18.1 Å². The second-order valence-electron chi connectivity index (χ2n) is 7.07. The van der Waals surface area contributed by atoms with Crippen LogP contribution in [0.3, 0.4) is 0 Å². The molecule has 1 amide bonds. The maximum atomic E-state index is 12.2. The summed E-state index contributed by atoms with van der Waals surface area (Å²) in [6.07, 6.45) is 5.88. The van der Waals surface area contributed by atoms with Crippen molar-refractivity contribution in [1.29, 1.82) is 0 Å². The Balaban J connectivity index is 1.47. The summed E-state index contributed by atoms with van der Waals surface area (Å²) in [7, 11) is -1.11. The van der Waals surface area contributed by atoms with E-state index in [1.165, 1.54) is 30.6 Å². The molecule has 1 aliphatic carbocycles. The average molecular weight is 383 g/mol. The Labute approximate surface area is 154 Å². The van der Waals surface area contributed by atoms with Crippen molar-refractivity contribution in [2.75, 3.05) is 30.4 Å². The summed E-state index contributed by atoms with van der Waals surface area (Å²) in [6, 6.07) is 7.95. The van der Waals surface area contributed by atoms with Crippen molar-refractivity contribution in [2.24, 2.45) is 0 Å². The first kappa shape index (κ1) is 18.7. The number of hydrogen-bond donors (Lipinski definition) is 1. The fourth-order valence-electron chi connectivity index (χ4n) is 3.49. The van der Waals surface area contributed by atoms with Gasteiger partial charge in [0.25, 0.3) is 0 Å². The summed E-state index contributed by atoms with van der Waals surface area (Å²) in [5, 5.41) is 3.63. The number of thioether (sulfide) groups is 1. The van der Waals surface area contributed by atoms with Crippen molar-refractivity contribution in [3.63, 3.8) is 0 Å². The van der Waals surface area contributed by atoms with Gasteiger partial charge in [-0.25, -0.2) is 8.42 Å². The molecule has 138 valence electrons. The van der Waals surface area contributed by atoms with E-state index in [4.69, 9.17) is 0 Å². The van der Waals surface area contributed by atoms with Gasteiger partial charge in [0.15, 0.2) is 9.84 Å². The molecular formula is C18H26N2O3S2. The van der Waals surface area contributed by atoms with E-state index in [-0.39, 0.29) is 30.0 Å². The topological polar surface area (TPSA) is 66.5 Å². The molecule has 2 aliphatic rings. The van der Waals surface area contributed by atoms with Gasteiger partial charge in [-0.3, -0.25) is 9.69 Å². The van der Waals surface area contributed by atoms with Crippen molar-refractivity contribution in [3.8, 4) is 0 Å². The molecule has 1 atom stereocenters. The lowest BCUT2D eigenvalue weighted by Gasteiger charge is -2.22. The number of rotatable bonds is 6. The third kappa shape index (κ3) is 5.46. The number of nitrogens with zero attached hydrogens (tertiary/aromatic N) is 1. The molecule has 0 bridgehead atoms. The minimum Gasteiger partial charge on any atom is -0.325 e. The molecule has 1 aromatic carbocycles. The summed E-state index contributed by atoms with van der Waals surface area (Å²) in [4.78, 5) is 15.3. The number of benzene rings is 1. The van der Waals surface area contributed by atoms with Crippen molar-refractivity contribution in [3.05, 3.63) is 24.3 Å². The smallest absolute Gasteiger partial charge is 0.238 e. The molecule has 1 N–H and O–H groups in total. The summed E-state index contributed by atoms with van der Waals surface area (Å²) < 4.78 is 23.1. The molecule has 1 heterocycles. The number of sulfone groups is 1. The van der Waals surface area contributed by atoms with E-state index in [1.807, 2.05) is 35.8 Å². The number of amides is 1. The molecule has 0 unspecified atom stereocenters. The lowest BCUT2D eigenvalue weighted by atomic mass is 10.2. The van der Waals surface area contributed by atoms with Gasteiger partial charge >= 0.3 is 0 Å². The molecule has 0 aromatic heterocycles. The Kier molecular flexibility index (Phi) is 6.07. The number of nitrogens with one attached hydrogen (secondary N) is 1. The zero-order valence-electron chi connectivity index (χ0n) is 14.6. The van der Waals surface area contributed by atoms with Gasteiger partial charge in [-0.2, -0.15) is 0 Å². The SMILES string of the molecule is CN(CC(=O)Nc1ccc(SC2CCCC2)cc1)[C@H]1CCS(=O)(=O)C1. The fraction of sp³-hybridized carbons (Fsp3) is 0.611. The third-order valence-corrected chi connectivity index (χ3v) is 8.07. The van der Waals surface area contributed by atoms with Crippen LogP contribution >= 0.6 is 11.8 Å². The van der Waals surface area contributed by atoms with Crippen LogP contribution in [0.5, 0.6) is 0 Å². The Morgan fingerprint density at radius 3 is 2.48 bits per heavy atom. The van der Waals surface area contributed by atoms with Crippen LogP contribution in [0.4, 0.5) is 5.69 Å². The number of anilines is 1. The van der Waals surface area contributed by atoms with Crippen LogP contribution in [0.15, 0.2) is 29.2 Å². The lowest BCUT2D eigenvalue weighted by Crippen LogP contribution is -2.38. The van der Waals surface area contributed by atoms with Crippen LogP contribution in [-0.2, 0) is 14.6 Å². The van der Waals surface area contributed by atoms with Crippen molar-refractivity contribution < 1.29 is 13.2 Å². The number of carbonyl (C=O) groups is 1. The van der Waals surface area contributed by atoms with E-state index in [1.54, 1.807) is 0 Å². The zero-order chi connectivity index (χ0) is 17.9. The largest absolute Gasteiger partial charge is 0.325 e. The minimum atomic E-state index is -2.93. The van der Waals surface area contributed by atoms with Crippen LogP contribution in [0.2, 0.25) is 0 Å². The van der Waals surface area contributed by atoms with Crippen molar-refractivity contribution in [2.45, 2.75) is 48.3 Å². The highest BCUT2D eigenvalue weighted by molar-refractivity contribution is 8.00. The second kappa shape index (κ2) is 8.10. The van der Waals surface area contributed by atoms with E-state index >= 15 is 0 Å². The number of hydrogen-bond acceptors (Lipinski definition) is 5. The van der Waals surface area contributed by atoms with E-state index in [9.17, 15) is 13.2 Å². The van der Waals surface area contributed by atoms with Gasteiger partial charge < -0.3 is 5.32 Å². The highest BCUT2D eigenvalue weighted by Gasteiger charge is 2.31. The Bertz CT molecular complexity index is 698. The monoisotopic (exact) mass is 382 g/mol. The summed E-state index contributed by atoms with van der Waals surface area (Å²) in [5.74, 6) is 0.274. The molecule has 7 heteroatoms. The molecule has 25 heavy (non-hydrogen) atoms. The lowest BCUT2D eigenvalue weighted by molar-refractivity contribution is -0.117. The molecule has 2 fully saturated rings. The first-order chi connectivity index (χ1) is 11.9. The second-order valence-corrected chi connectivity index (χ2v) is 10.7. The summed E-state index contributed by atoms with van der Waals surface area (Å²) >= 11 is 1.93. The quantitative estimate of drug-likeness (QED) is 0.819. The molecule has 0 spiro atoms. The highest BCUT2D eigenvalue weighted by atomic mass is 32.2. The normalized spacial score (nSPS) is 23.2. The first-order valence-electron chi connectivity index (χ1n) is 8.88. The van der Waals surface area contributed by atoms with Gasteiger partial charge in [-0.15, -0.1) is 11.8 Å². The van der Waals surface area contributed by atoms with E-state index < -0.39 is 9.84 Å². The Morgan fingerprint density at radius 2 is 1.88 bits per heavy atom. The van der Waals surface area contributed by atoms with Crippen LogP contribution in [0, 0.1) is 0 Å². The van der Waals surface area contributed by atoms with Gasteiger partial charge in [0.1, 0.15) is 0 Å². The molecule has 1 aliphatic heterocycles. The molecular weight excluding hydrogens is 356 g/mol. The van der Waals surface area contributed by atoms with Crippen LogP contribution in [-0.4, -0.2) is 55.6 Å². The van der Waals surface area contributed by atoms with Gasteiger partial charge in [0, 0.05) is 21.9 Å². The summed E-state index contributed by atoms with van der Waals surface area (Å²) in [6.45, 7) is 0.207. The number of likely N-dealkylation sites (N-methyl/N-ethyl adjacent to an activating group) is 1. The molecule has 0 radical (unpaired) electrons. The zero-order valence-corrected chi connectivity index (χ0v) is 16.2. The van der Waals surface area contributed by atoms with E-state index in [0.29, 0.717) is 6.42 Å². The standard InChI is InChI=1S/C18H26N2O3S2/c1-20(15-10-11-25(22,23)13-15)12-18(21)19-14-6-8-17(9-7-14)24-16-4-2-3-5-16/h6-9,15-16H,2-5,10-13H2,1H3,(H,19,21)/t15-/m0/s1. The minimum absolute atomic E-state index is 0.0547. The van der Waals surface area contributed by atoms with Crippen LogP contribution < -0.4 is 5.32 Å². The third-order valence-electron chi connectivity index (χ3n) is 4.97. The Morgan fingerprint density at radius 1 is 1.20 bits per heavy atom. The average Bonchev–Trinajstić information content (AvgIpc) is 3.18. The molecule has 1 saturated carbocycles.